The largest absolute Gasteiger partial charge is 2.00 e. The molecule has 0 unspecified atom stereocenters. The number of hydrogen-bond acceptors (Lipinski definition) is 6. The fraction of sp³-hybridized carbons (Fsp3) is 0. The van der Waals surface area contributed by atoms with Crippen LogP contribution in [0.2, 0.25) is 0 Å². The zero-order chi connectivity index (χ0) is 15.1. The van der Waals surface area contributed by atoms with Gasteiger partial charge in [0.05, 0.1) is 11.9 Å². The van der Waals surface area contributed by atoms with Crippen LogP contribution >= 0.6 is 0 Å². The van der Waals surface area contributed by atoms with Crippen molar-refractivity contribution in [1.29, 1.82) is 0 Å². The first-order valence-corrected chi connectivity index (χ1v) is 5.55. The van der Waals surface area contributed by atoms with Gasteiger partial charge in [0.15, 0.2) is 0 Å². The minimum atomic E-state index is -1.24. The van der Waals surface area contributed by atoms with Crippen molar-refractivity contribution in [3.8, 4) is 0 Å². The van der Waals surface area contributed by atoms with Crippen molar-refractivity contribution < 1.29 is 19.8 Å². The van der Waals surface area contributed by atoms with Crippen LogP contribution in [0.4, 0.5) is 11.4 Å². The number of rotatable bonds is 2. The van der Waals surface area contributed by atoms with Gasteiger partial charge in [-0.1, -0.05) is 36.4 Å². The van der Waals surface area contributed by atoms with Crippen molar-refractivity contribution >= 4 is 72.2 Å². The second kappa shape index (κ2) is 9.48. The molecule has 0 saturated carbocycles. The Morgan fingerprint density at radius 3 is 1.19 bits per heavy atom. The van der Waals surface area contributed by atoms with E-state index in [0.29, 0.717) is 0 Å². The molecule has 6 nitrogen and oxygen atoms in total. The molecule has 0 heterocycles. The molecule has 4 N–H and O–H groups in total. The minimum absolute atomic E-state index is 0. The summed E-state index contributed by atoms with van der Waals surface area (Å²) in [5.41, 5.74) is 11.2. The normalized spacial score (nSPS) is 8.76. The monoisotopic (exact) mass is 410 g/mol. The molecule has 0 saturated heterocycles. The fourth-order valence-corrected chi connectivity index (χ4v) is 1.37. The molecule has 0 aliphatic heterocycles. The second-order valence-electron chi connectivity index (χ2n) is 3.75. The maximum Gasteiger partial charge on any atom is 2.00 e. The number of hydrogen-bond donors (Lipinski definition) is 2. The molecule has 7 heteroatoms. The summed E-state index contributed by atoms with van der Waals surface area (Å²) in [6.07, 6.45) is 0. The van der Waals surface area contributed by atoms with Crippen molar-refractivity contribution in [3.05, 3.63) is 59.7 Å². The number of carboxylic acid groups (broad SMARTS) is 2. The molecule has 0 bridgehead atoms. The zero-order valence-electron chi connectivity index (χ0n) is 11.1. The van der Waals surface area contributed by atoms with Gasteiger partial charge in [0.25, 0.3) is 0 Å². The average Bonchev–Trinajstić information content (AvgIpc) is 2.40. The molecule has 0 amide bonds. The third-order valence-electron chi connectivity index (χ3n) is 2.36. The van der Waals surface area contributed by atoms with Gasteiger partial charge in [0.1, 0.15) is 0 Å². The number of benzene rings is 2. The van der Waals surface area contributed by atoms with E-state index in [-0.39, 0.29) is 71.4 Å². The van der Waals surface area contributed by atoms with Crippen LogP contribution in [0, 0.1) is 0 Å². The Morgan fingerprint density at radius 1 is 0.714 bits per heavy atom. The summed E-state index contributed by atoms with van der Waals surface area (Å²) >= 11 is 0. The number of aromatic carboxylic acids is 2. The quantitative estimate of drug-likeness (QED) is 0.477. The van der Waals surface area contributed by atoms with Crippen LogP contribution in [0.15, 0.2) is 48.5 Å². The van der Waals surface area contributed by atoms with Crippen LogP contribution in [0.3, 0.4) is 0 Å². The Hall–Kier alpha value is -1.45. The van der Waals surface area contributed by atoms with Gasteiger partial charge < -0.3 is 31.3 Å². The molecule has 0 fully saturated rings. The molecule has 0 aliphatic carbocycles. The summed E-state index contributed by atoms with van der Waals surface area (Å²) in [5, 5.41) is 20.5. The Kier molecular flexibility index (Phi) is 8.83. The van der Waals surface area contributed by atoms with E-state index >= 15 is 0 Å². The average molecular weight is 410 g/mol. The third kappa shape index (κ3) is 6.23. The van der Waals surface area contributed by atoms with Crippen molar-refractivity contribution in [2.24, 2.45) is 0 Å². The molecule has 0 radical (unpaired) electrons. The van der Waals surface area contributed by atoms with Crippen LogP contribution in [0.5, 0.6) is 0 Å². The van der Waals surface area contributed by atoms with E-state index in [1.165, 1.54) is 24.3 Å². The summed E-state index contributed by atoms with van der Waals surface area (Å²) in [6, 6.07) is 12.4. The summed E-state index contributed by atoms with van der Waals surface area (Å²) < 4.78 is 0. The van der Waals surface area contributed by atoms with Crippen molar-refractivity contribution in [3.63, 3.8) is 0 Å². The van der Waals surface area contributed by atoms with E-state index < -0.39 is 11.9 Å². The Balaban J connectivity index is 0.000000364. The van der Waals surface area contributed by atoms with Gasteiger partial charge in [-0.2, -0.15) is 0 Å². The van der Waals surface area contributed by atoms with E-state index in [2.05, 4.69) is 0 Å². The maximum absolute atomic E-state index is 10.2. The Bertz CT molecular complexity index is 576. The van der Waals surface area contributed by atoms with Crippen molar-refractivity contribution in [2.45, 2.75) is 0 Å². The summed E-state index contributed by atoms with van der Waals surface area (Å²) in [5.74, 6) is -2.48. The van der Waals surface area contributed by atoms with E-state index in [1.807, 2.05) is 0 Å². The zero-order valence-corrected chi connectivity index (χ0v) is 15.6. The van der Waals surface area contributed by atoms with Crippen LogP contribution in [0.1, 0.15) is 20.7 Å². The first kappa shape index (κ1) is 19.6. The van der Waals surface area contributed by atoms with E-state index in [0.717, 1.165) is 0 Å². The molecule has 2 rings (SSSR count). The van der Waals surface area contributed by atoms with Crippen LogP contribution in [-0.4, -0.2) is 60.8 Å². The molecule has 0 aromatic heterocycles. The van der Waals surface area contributed by atoms with Crippen LogP contribution in [-0.2, 0) is 0 Å². The van der Waals surface area contributed by atoms with Gasteiger partial charge in [-0.25, -0.2) is 0 Å². The standard InChI is InChI=1S/2C7H7NO2.Ba/c2*8-6-4-2-1-3-5(6)7(9)10;/h2*1-4H,8H2,(H,9,10);/q;;+2/p-2. The molecule has 0 spiro atoms. The first-order chi connectivity index (χ1) is 9.43. The number of nitrogen functional groups attached to an aromatic ring is 2. The molecule has 2 aromatic rings. The number of carbonyl (C=O) groups is 2. The Labute approximate surface area is 161 Å². The van der Waals surface area contributed by atoms with Gasteiger partial charge in [-0.05, 0) is 12.1 Å². The molecule has 21 heavy (non-hydrogen) atoms. The third-order valence-corrected chi connectivity index (χ3v) is 2.36. The van der Waals surface area contributed by atoms with Gasteiger partial charge in [-0.3, -0.25) is 0 Å². The smallest absolute Gasteiger partial charge is 0.545 e. The predicted octanol–water partition coefficient (Wildman–Crippen LogP) is -1.12. The summed E-state index contributed by atoms with van der Waals surface area (Å²) in [7, 11) is 0. The van der Waals surface area contributed by atoms with Crippen LogP contribution in [0.25, 0.3) is 0 Å². The number of carboxylic acids is 2. The van der Waals surface area contributed by atoms with Crippen molar-refractivity contribution in [1.82, 2.24) is 0 Å². The molecular formula is C14H12BaN2O4. The van der Waals surface area contributed by atoms with Crippen molar-refractivity contribution in [2.75, 3.05) is 11.5 Å². The fourth-order valence-electron chi connectivity index (χ4n) is 1.37. The number of carbonyl (C=O) groups excluding carboxylic acids is 2. The molecule has 0 aliphatic rings. The van der Waals surface area contributed by atoms with E-state index in [9.17, 15) is 19.8 Å². The van der Waals surface area contributed by atoms with Gasteiger partial charge in [0.2, 0.25) is 0 Å². The first-order valence-electron chi connectivity index (χ1n) is 5.55. The number of anilines is 2. The maximum atomic E-state index is 10.2. The Morgan fingerprint density at radius 2 is 1.00 bits per heavy atom. The van der Waals surface area contributed by atoms with E-state index in [1.54, 1.807) is 24.3 Å². The SMILES string of the molecule is Nc1ccccc1C(=O)[O-].Nc1ccccc1C(=O)[O-].[Ba+2]. The van der Waals surface area contributed by atoms with Gasteiger partial charge >= 0.3 is 48.9 Å². The van der Waals surface area contributed by atoms with E-state index in [4.69, 9.17) is 11.5 Å². The summed E-state index contributed by atoms with van der Waals surface area (Å²) in [6.45, 7) is 0. The molecule has 0 atom stereocenters. The molecule has 2 aromatic carbocycles. The van der Waals surface area contributed by atoms with Gasteiger partial charge in [0, 0.05) is 22.5 Å². The van der Waals surface area contributed by atoms with Crippen LogP contribution < -0.4 is 21.7 Å². The summed E-state index contributed by atoms with van der Waals surface area (Å²) in [4.78, 5) is 20.5. The number of para-hydroxylation sites is 2. The topological polar surface area (TPSA) is 132 Å². The molecule has 104 valence electrons. The van der Waals surface area contributed by atoms with Gasteiger partial charge in [-0.15, -0.1) is 0 Å². The molecular weight excluding hydrogens is 397 g/mol. The number of nitrogens with two attached hydrogens (primary N) is 2. The second-order valence-corrected chi connectivity index (χ2v) is 3.75. The minimum Gasteiger partial charge on any atom is -0.545 e. The predicted molar refractivity (Wildman–Crippen MR) is 76.1 cm³/mol.